The van der Waals surface area contributed by atoms with Gasteiger partial charge in [-0.1, -0.05) is 13.8 Å². The van der Waals surface area contributed by atoms with Crippen LogP contribution in [0.25, 0.3) is 0 Å². The molecule has 0 radical (unpaired) electrons. The van der Waals surface area contributed by atoms with Crippen molar-refractivity contribution in [2.45, 2.75) is 50.6 Å². The quantitative estimate of drug-likeness (QED) is 0.152. The number of β-lactam (4-membered cyclic amide) rings is 1. The van der Waals surface area contributed by atoms with Crippen LogP contribution in [-0.4, -0.2) is 120 Å². The topological polar surface area (TPSA) is 204 Å². The van der Waals surface area contributed by atoms with E-state index in [0.29, 0.717) is 44.0 Å². The van der Waals surface area contributed by atoms with Crippen LogP contribution in [0, 0.1) is 23.2 Å². The molecule has 1 aromatic rings. The molecule has 1 unspecified atom stereocenters. The Balaban J connectivity index is 1.20. The molecule has 5 rings (SSSR count). The summed E-state index contributed by atoms with van der Waals surface area (Å²) in [5.74, 6) is -2.44. The molecule has 40 heavy (non-hydrogen) atoms. The van der Waals surface area contributed by atoms with Crippen molar-refractivity contribution in [3.05, 3.63) is 16.9 Å². The number of Topliss-reactive ketones (excluding diaryl/α,β-unsaturated/α-hetero) is 1. The molecule has 0 aliphatic carbocycles. The van der Waals surface area contributed by atoms with Crippen molar-refractivity contribution in [2.24, 2.45) is 23.5 Å². The number of ketones is 1. The maximum atomic E-state index is 13.2. The molecule has 3 fully saturated rings. The summed E-state index contributed by atoms with van der Waals surface area (Å²) >= 11 is 1.44. The third kappa shape index (κ3) is 5.16. The van der Waals surface area contributed by atoms with Crippen LogP contribution >= 0.6 is 11.8 Å². The number of hydrogen-bond donors (Lipinski definition) is 4. The zero-order valence-corrected chi connectivity index (χ0v) is 23.2. The minimum Gasteiger partial charge on any atom is -0.477 e. The predicted molar refractivity (Wildman–Crippen MR) is 142 cm³/mol. The van der Waals surface area contributed by atoms with Gasteiger partial charge in [-0.15, -0.1) is 16.9 Å². The van der Waals surface area contributed by atoms with E-state index in [0.717, 1.165) is 0 Å². The number of carbonyl (C=O) groups is 4. The molecule has 0 spiro atoms. The minimum absolute atomic E-state index is 0.00237. The number of hydrogen-bond acceptors (Lipinski definition) is 10. The molecule has 0 bridgehead atoms. The van der Waals surface area contributed by atoms with Gasteiger partial charge in [0.15, 0.2) is 11.7 Å². The van der Waals surface area contributed by atoms with Crippen molar-refractivity contribution in [3.8, 4) is 0 Å². The van der Waals surface area contributed by atoms with Gasteiger partial charge in [-0.05, 0) is 22.8 Å². The van der Waals surface area contributed by atoms with Gasteiger partial charge in [0.2, 0.25) is 11.8 Å². The Morgan fingerprint density at radius 3 is 2.58 bits per heavy atom. The molecule has 0 saturated carbocycles. The maximum absolute atomic E-state index is 13.2. The Morgan fingerprint density at radius 1 is 1.25 bits per heavy atom. The fraction of sp³-hybridized carbons (Fsp3) is 0.667. The molecule has 0 aromatic carbocycles. The van der Waals surface area contributed by atoms with Crippen molar-refractivity contribution < 1.29 is 24.3 Å². The van der Waals surface area contributed by atoms with Crippen molar-refractivity contribution in [3.63, 3.8) is 0 Å². The molecular formula is C24H34N10O5S. The molecule has 3 saturated heterocycles. The van der Waals surface area contributed by atoms with E-state index in [-0.39, 0.29) is 71.4 Å². The molecule has 16 heteroatoms. The molecule has 4 aliphatic heterocycles. The zero-order valence-electron chi connectivity index (χ0n) is 22.4. The van der Waals surface area contributed by atoms with Crippen molar-refractivity contribution in [2.75, 3.05) is 32.7 Å². The van der Waals surface area contributed by atoms with Crippen LogP contribution in [-0.2, 0) is 25.7 Å². The number of rotatable bonds is 9. The number of carboxylic acid groups (broad SMARTS) is 1. The zero-order chi connectivity index (χ0) is 28.7. The van der Waals surface area contributed by atoms with Crippen LogP contribution in [0.5, 0.6) is 0 Å². The van der Waals surface area contributed by atoms with E-state index in [1.165, 1.54) is 27.7 Å². The van der Waals surface area contributed by atoms with Crippen molar-refractivity contribution in [1.82, 2.24) is 40.2 Å². The average Bonchev–Trinajstić information content (AvgIpc) is 3.64. The van der Waals surface area contributed by atoms with Gasteiger partial charge in [0.1, 0.15) is 18.6 Å². The normalized spacial score (nSPS) is 28.9. The molecule has 4 aliphatic rings. The predicted octanol–water partition coefficient (Wildman–Crippen LogP) is -1.46. The number of carboxylic acids is 1. The summed E-state index contributed by atoms with van der Waals surface area (Å²) < 4.78 is 1.33. The number of aromatic nitrogens is 4. The first-order valence-electron chi connectivity index (χ1n) is 13.4. The summed E-state index contributed by atoms with van der Waals surface area (Å²) in [7, 11) is 0. The lowest BCUT2D eigenvalue weighted by Crippen LogP contribution is -2.62. The highest BCUT2D eigenvalue weighted by Crippen LogP contribution is 2.53. The van der Waals surface area contributed by atoms with Crippen LogP contribution in [0.1, 0.15) is 26.7 Å². The average molecular weight is 575 g/mol. The summed E-state index contributed by atoms with van der Waals surface area (Å²) in [6, 6.07) is -0.689. The van der Waals surface area contributed by atoms with Gasteiger partial charge in [-0.3, -0.25) is 19.8 Å². The first kappa shape index (κ1) is 28.0. The number of amides is 2. The van der Waals surface area contributed by atoms with Crippen molar-refractivity contribution in [1.29, 1.82) is 5.41 Å². The number of piperazine rings is 1. The monoisotopic (exact) mass is 574 g/mol. The minimum atomic E-state index is -1.15. The second-order valence-corrected chi connectivity index (χ2v) is 12.2. The Morgan fingerprint density at radius 2 is 1.95 bits per heavy atom. The number of nitrogens with zero attached hydrogens (tertiary/aromatic N) is 7. The van der Waals surface area contributed by atoms with Crippen LogP contribution < -0.4 is 11.1 Å². The SMILES string of the molecule is C[C@@H](CC(=O)Cn1cnnn1)[C@H]1C(=O)N2C(C(=O)O)=C(S[C@@H]3CNC(C(=O)N4CCN(C(=N)N)CC4)C3)[C@H](C)[C@H]12. The fourth-order valence-corrected chi connectivity index (χ4v) is 7.78. The summed E-state index contributed by atoms with van der Waals surface area (Å²) in [5.41, 5.74) is 5.57. The van der Waals surface area contributed by atoms with E-state index in [4.69, 9.17) is 11.1 Å². The number of aliphatic carboxylic acids is 1. The Hall–Kier alpha value is -3.53. The van der Waals surface area contributed by atoms with Crippen LogP contribution in [0.2, 0.25) is 0 Å². The lowest BCUT2D eigenvalue weighted by atomic mass is 9.73. The molecule has 2 amide bonds. The second-order valence-electron chi connectivity index (χ2n) is 10.9. The summed E-state index contributed by atoms with van der Waals surface area (Å²) in [6.45, 7) is 6.38. The third-order valence-corrected chi connectivity index (χ3v) is 9.81. The summed E-state index contributed by atoms with van der Waals surface area (Å²) in [6.07, 6.45) is 2.06. The van der Waals surface area contributed by atoms with E-state index in [9.17, 15) is 24.3 Å². The van der Waals surface area contributed by atoms with E-state index in [1.54, 1.807) is 9.80 Å². The van der Waals surface area contributed by atoms with Gasteiger partial charge in [-0.2, -0.15) is 0 Å². The van der Waals surface area contributed by atoms with E-state index in [1.807, 2.05) is 13.8 Å². The van der Waals surface area contributed by atoms with Gasteiger partial charge in [0.25, 0.3) is 0 Å². The highest BCUT2D eigenvalue weighted by atomic mass is 32.2. The second kappa shape index (κ2) is 11.2. The van der Waals surface area contributed by atoms with E-state index >= 15 is 0 Å². The lowest BCUT2D eigenvalue weighted by Gasteiger charge is -2.47. The largest absolute Gasteiger partial charge is 0.477 e. The maximum Gasteiger partial charge on any atom is 0.353 e. The lowest BCUT2D eigenvalue weighted by molar-refractivity contribution is -0.160. The third-order valence-electron chi connectivity index (χ3n) is 8.30. The molecule has 6 atom stereocenters. The first-order chi connectivity index (χ1) is 19.1. The number of tetrazole rings is 1. The number of carbonyl (C=O) groups excluding carboxylic acids is 3. The summed E-state index contributed by atoms with van der Waals surface area (Å²) in [5, 5.41) is 31.6. The van der Waals surface area contributed by atoms with Gasteiger partial charge in [-0.25, -0.2) is 9.48 Å². The molecule has 1 aromatic heterocycles. The van der Waals surface area contributed by atoms with Crippen molar-refractivity contribution >= 4 is 41.3 Å². The van der Waals surface area contributed by atoms with Gasteiger partial charge in [0, 0.05) is 55.2 Å². The smallest absolute Gasteiger partial charge is 0.353 e. The Bertz CT molecular complexity index is 1230. The summed E-state index contributed by atoms with van der Waals surface area (Å²) in [4.78, 5) is 56.7. The number of nitrogens with two attached hydrogens (primary N) is 1. The number of fused-ring (bicyclic) bond motifs is 1. The highest BCUT2D eigenvalue weighted by Gasteiger charge is 2.60. The van der Waals surface area contributed by atoms with Gasteiger partial charge in [0.05, 0.1) is 18.0 Å². The van der Waals surface area contributed by atoms with E-state index < -0.39 is 11.9 Å². The standard InChI is InChI=1S/C24H34N10O5S/c1-12(7-14(35)10-33-11-28-29-30-33)17-18-13(2)20(19(23(38)39)34(18)22(17)37)40-15-8-16(27-9-15)21(36)31-3-5-32(6-4-31)24(25)26/h11-13,15-18,27H,3-10H2,1-2H3,(H3,25,26)(H,38,39)/t12-,13+,15-,16?,17+,18+/m0/s1. The van der Waals surface area contributed by atoms with Crippen LogP contribution in [0.3, 0.4) is 0 Å². The molecule has 5 heterocycles. The molecular weight excluding hydrogens is 540 g/mol. The van der Waals surface area contributed by atoms with Gasteiger partial charge < -0.3 is 30.9 Å². The van der Waals surface area contributed by atoms with E-state index in [2.05, 4.69) is 20.8 Å². The van der Waals surface area contributed by atoms with Gasteiger partial charge >= 0.3 is 5.97 Å². The number of guanidine groups is 1. The number of thioether (sulfide) groups is 1. The molecule has 216 valence electrons. The van der Waals surface area contributed by atoms with Crippen LogP contribution in [0.4, 0.5) is 0 Å². The number of nitrogens with one attached hydrogen (secondary N) is 2. The Kier molecular flexibility index (Phi) is 7.81. The first-order valence-corrected chi connectivity index (χ1v) is 14.3. The van der Waals surface area contributed by atoms with Crippen LogP contribution in [0.15, 0.2) is 16.9 Å². The molecule has 5 N–H and O–H groups in total. The fourth-order valence-electron chi connectivity index (χ4n) is 6.30. The highest BCUT2D eigenvalue weighted by molar-refractivity contribution is 8.03. The molecule has 15 nitrogen and oxygen atoms in total. The Labute approximate surface area is 235 Å².